The SMILES string of the molecule is CCCCNC(=O)C1N([C@@H](CO)CC(C)C)C(=O)[C@@H]2[C@@H](C(=O)Nc3ccccc3)[C@]3(C)OC12CC3C. The molecule has 0 aromatic heterocycles. The smallest absolute Gasteiger partial charge is 0.245 e. The standard InChI is InChI=1S/C28H41N3O5/c1-6-7-13-29-25(34)23-28-15-18(4)27(5,36-28)21(24(33)30-19-11-9-8-10-12-19)22(28)26(35)31(23)20(16-32)14-17(2)3/h8-12,17-18,20-23,32H,6-7,13-16H2,1-5H3,(H,29,34)(H,30,33)/t18?,20-,21+,22+,23?,27-,28?/m1/s1. The molecule has 0 saturated carbocycles. The zero-order chi connectivity index (χ0) is 26.3. The van der Waals surface area contributed by atoms with Crippen molar-refractivity contribution in [2.24, 2.45) is 23.7 Å². The number of fused-ring (bicyclic) bond motifs is 1. The molecule has 8 heteroatoms. The molecule has 3 saturated heterocycles. The second-order valence-electron chi connectivity index (χ2n) is 11.4. The maximum absolute atomic E-state index is 14.2. The summed E-state index contributed by atoms with van der Waals surface area (Å²) in [5.74, 6) is -2.16. The van der Waals surface area contributed by atoms with Crippen LogP contribution in [0.1, 0.15) is 60.3 Å². The maximum atomic E-state index is 14.2. The minimum absolute atomic E-state index is 0.0309. The topological polar surface area (TPSA) is 108 Å². The highest BCUT2D eigenvalue weighted by Gasteiger charge is 2.80. The van der Waals surface area contributed by atoms with Gasteiger partial charge in [0, 0.05) is 12.2 Å². The number of nitrogens with zero attached hydrogens (tertiary/aromatic N) is 1. The fourth-order valence-electron chi connectivity index (χ4n) is 6.82. The average molecular weight is 500 g/mol. The predicted molar refractivity (Wildman–Crippen MR) is 137 cm³/mol. The highest BCUT2D eigenvalue weighted by Crippen LogP contribution is 2.65. The molecular weight excluding hydrogens is 458 g/mol. The molecule has 8 nitrogen and oxygen atoms in total. The fraction of sp³-hybridized carbons (Fsp3) is 0.679. The molecule has 3 heterocycles. The van der Waals surface area contributed by atoms with Gasteiger partial charge in [0.25, 0.3) is 0 Å². The molecule has 0 radical (unpaired) electrons. The van der Waals surface area contributed by atoms with Crippen LogP contribution in [0, 0.1) is 23.7 Å². The van der Waals surface area contributed by atoms with E-state index in [0.717, 1.165) is 12.8 Å². The Morgan fingerprint density at radius 2 is 1.92 bits per heavy atom. The highest BCUT2D eigenvalue weighted by molar-refractivity contribution is 6.02. The number of carbonyl (C=O) groups excluding carboxylic acids is 3. The molecule has 198 valence electrons. The molecule has 1 spiro atoms. The summed E-state index contributed by atoms with van der Waals surface area (Å²) in [5.41, 5.74) is -1.33. The molecule has 3 N–H and O–H groups in total. The van der Waals surface area contributed by atoms with Crippen LogP contribution in [-0.4, -0.2) is 64.2 Å². The summed E-state index contributed by atoms with van der Waals surface area (Å²) in [7, 11) is 0. The number of likely N-dealkylation sites (tertiary alicyclic amines) is 1. The first-order valence-corrected chi connectivity index (χ1v) is 13.4. The lowest BCUT2D eigenvalue weighted by Crippen LogP contribution is -2.58. The monoisotopic (exact) mass is 499 g/mol. The van der Waals surface area contributed by atoms with Gasteiger partial charge >= 0.3 is 0 Å². The van der Waals surface area contributed by atoms with Gasteiger partial charge in [-0.1, -0.05) is 52.3 Å². The Morgan fingerprint density at radius 1 is 1.22 bits per heavy atom. The van der Waals surface area contributed by atoms with Crippen LogP contribution >= 0.6 is 0 Å². The number of anilines is 1. The number of carbonyl (C=O) groups is 3. The van der Waals surface area contributed by atoms with Gasteiger partial charge < -0.3 is 25.4 Å². The highest BCUT2D eigenvalue weighted by atomic mass is 16.5. The van der Waals surface area contributed by atoms with Crippen molar-refractivity contribution in [1.82, 2.24) is 10.2 Å². The molecule has 1 aromatic rings. The van der Waals surface area contributed by atoms with Gasteiger partial charge in [-0.3, -0.25) is 14.4 Å². The number of hydrogen-bond donors (Lipinski definition) is 3. The van der Waals surface area contributed by atoms with Gasteiger partial charge in [-0.25, -0.2) is 0 Å². The van der Waals surface area contributed by atoms with Crippen molar-refractivity contribution in [3.8, 4) is 0 Å². The van der Waals surface area contributed by atoms with E-state index in [4.69, 9.17) is 4.74 Å². The first-order chi connectivity index (χ1) is 17.1. The van der Waals surface area contributed by atoms with E-state index in [1.807, 2.05) is 58.0 Å². The normalized spacial score (nSPS) is 33.6. The molecule has 7 atom stereocenters. The number of rotatable bonds is 10. The Bertz CT molecular complexity index is 985. The van der Waals surface area contributed by atoms with Crippen LogP contribution in [0.4, 0.5) is 5.69 Å². The number of ether oxygens (including phenoxy) is 1. The Labute approximate surface area is 214 Å². The Balaban J connectivity index is 1.75. The van der Waals surface area contributed by atoms with E-state index in [0.29, 0.717) is 25.1 Å². The van der Waals surface area contributed by atoms with Crippen LogP contribution in [0.5, 0.6) is 0 Å². The average Bonchev–Trinajstić information content (AvgIpc) is 3.35. The van der Waals surface area contributed by atoms with Crippen LogP contribution in [0.3, 0.4) is 0 Å². The van der Waals surface area contributed by atoms with Crippen molar-refractivity contribution in [3.63, 3.8) is 0 Å². The summed E-state index contributed by atoms with van der Waals surface area (Å²) in [6.45, 7) is 10.3. The molecule has 3 fully saturated rings. The van der Waals surface area contributed by atoms with Gasteiger partial charge in [-0.05, 0) is 50.2 Å². The third kappa shape index (κ3) is 4.22. The number of aliphatic hydroxyl groups excluding tert-OH is 1. The van der Waals surface area contributed by atoms with Crippen molar-refractivity contribution >= 4 is 23.4 Å². The summed E-state index contributed by atoms with van der Waals surface area (Å²) in [4.78, 5) is 43.2. The van der Waals surface area contributed by atoms with Gasteiger partial charge in [0.2, 0.25) is 17.7 Å². The van der Waals surface area contributed by atoms with Crippen molar-refractivity contribution in [1.29, 1.82) is 0 Å². The number of para-hydroxylation sites is 1. The molecule has 1 aromatic carbocycles. The number of benzene rings is 1. The zero-order valence-corrected chi connectivity index (χ0v) is 22.1. The summed E-state index contributed by atoms with van der Waals surface area (Å²) in [6, 6.07) is 7.77. The summed E-state index contributed by atoms with van der Waals surface area (Å²) in [5, 5.41) is 16.3. The molecule has 0 aliphatic carbocycles. The molecular formula is C28H41N3O5. The van der Waals surface area contributed by atoms with Gasteiger partial charge in [0.05, 0.1) is 30.1 Å². The summed E-state index contributed by atoms with van der Waals surface area (Å²) in [6.07, 6.45) is 2.82. The molecule has 2 bridgehead atoms. The van der Waals surface area contributed by atoms with Crippen LogP contribution in [0.25, 0.3) is 0 Å². The summed E-state index contributed by atoms with van der Waals surface area (Å²) < 4.78 is 6.73. The number of nitrogens with one attached hydrogen (secondary N) is 2. The van der Waals surface area contributed by atoms with E-state index >= 15 is 0 Å². The van der Waals surface area contributed by atoms with E-state index in [1.165, 1.54) is 0 Å². The third-order valence-electron chi connectivity index (χ3n) is 8.50. The number of hydrogen-bond acceptors (Lipinski definition) is 5. The quantitative estimate of drug-likeness (QED) is 0.429. The third-order valence-corrected chi connectivity index (χ3v) is 8.50. The second kappa shape index (κ2) is 10.1. The van der Waals surface area contributed by atoms with Crippen LogP contribution in [0.2, 0.25) is 0 Å². The van der Waals surface area contributed by atoms with Crippen LogP contribution < -0.4 is 10.6 Å². The van der Waals surface area contributed by atoms with E-state index < -0.39 is 35.1 Å². The molecule has 3 aliphatic rings. The summed E-state index contributed by atoms with van der Waals surface area (Å²) >= 11 is 0. The largest absolute Gasteiger partial charge is 0.394 e. The van der Waals surface area contributed by atoms with Crippen molar-refractivity contribution in [2.75, 3.05) is 18.5 Å². The van der Waals surface area contributed by atoms with Gasteiger partial charge in [0.1, 0.15) is 11.6 Å². The second-order valence-corrected chi connectivity index (χ2v) is 11.4. The fourth-order valence-corrected chi connectivity index (χ4v) is 6.82. The number of unbranched alkanes of at least 4 members (excludes halogenated alkanes) is 1. The predicted octanol–water partition coefficient (Wildman–Crippen LogP) is 2.96. The zero-order valence-electron chi connectivity index (χ0n) is 22.1. The lowest BCUT2D eigenvalue weighted by atomic mass is 9.62. The first kappa shape index (κ1) is 26.6. The lowest BCUT2D eigenvalue weighted by Gasteiger charge is -2.37. The van der Waals surface area contributed by atoms with E-state index in [2.05, 4.69) is 17.6 Å². The lowest BCUT2D eigenvalue weighted by molar-refractivity contribution is -0.150. The van der Waals surface area contributed by atoms with E-state index in [9.17, 15) is 19.5 Å². The van der Waals surface area contributed by atoms with Crippen molar-refractivity contribution in [2.45, 2.75) is 83.6 Å². The van der Waals surface area contributed by atoms with Gasteiger partial charge in [0.15, 0.2) is 0 Å². The first-order valence-electron chi connectivity index (χ1n) is 13.4. The molecule has 36 heavy (non-hydrogen) atoms. The van der Waals surface area contributed by atoms with Gasteiger partial charge in [-0.2, -0.15) is 0 Å². The van der Waals surface area contributed by atoms with Crippen LogP contribution in [-0.2, 0) is 19.1 Å². The molecule has 3 aliphatic heterocycles. The molecule has 3 unspecified atom stereocenters. The molecule has 3 amide bonds. The molecule has 4 rings (SSSR count). The minimum atomic E-state index is -1.11. The van der Waals surface area contributed by atoms with Crippen molar-refractivity contribution in [3.05, 3.63) is 30.3 Å². The van der Waals surface area contributed by atoms with Crippen molar-refractivity contribution < 1.29 is 24.2 Å². The Kier molecular flexibility index (Phi) is 7.49. The minimum Gasteiger partial charge on any atom is -0.394 e. The number of amides is 3. The van der Waals surface area contributed by atoms with E-state index in [-0.39, 0.29) is 36.2 Å². The van der Waals surface area contributed by atoms with Gasteiger partial charge in [-0.15, -0.1) is 0 Å². The Morgan fingerprint density at radius 3 is 2.53 bits per heavy atom. The van der Waals surface area contributed by atoms with Crippen LogP contribution in [0.15, 0.2) is 30.3 Å². The maximum Gasteiger partial charge on any atom is 0.245 e. The Hall–Kier alpha value is -2.45. The van der Waals surface area contributed by atoms with E-state index in [1.54, 1.807) is 4.90 Å². The number of aliphatic hydroxyl groups is 1.